The quantitative estimate of drug-likeness (QED) is 0.738. The van der Waals surface area contributed by atoms with Gasteiger partial charge >= 0.3 is 0 Å². The van der Waals surface area contributed by atoms with Gasteiger partial charge in [-0.3, -0.25) is 4.79 Å². The SMILES string of the molecule is CC(C)CO[C@@H](C)C(=O)N1CCCCCC1. The van der Waals surface area contributed by atoms with Gasteiger partial charge in [-0.1, -0.05) is 26.7 Å². The monoisotopic (exact) mass is 227 g/mol. The fourth-order valence-corrected chi connectivity index (χ4v) is 1.96. The van der Waals surface area contributed by atoms with Gasteiger partial charge in [-0.15, -0.1) is 0 Å². The molecule has 1 atom stereocenters. The smallest absolute Gasteiger partial charge is 0.251 e. The molecular weight excluding hydrogens is 202 g/mol. The number of carbonyl (C=O) groups is 1. The average molecular weight is 227 g/mol. The number of amides is 1. The van der Waals surface area contributed by atoms with E-state index in [1.54, 1.807) is 0 Å². The molecule has 3 nitrogen and oxygen atoms in total. The zero-order valence-corrected chi connectivity index (χ0v) is 10.9. The first kappa shape index (κ1) is 13.5. The molecule has 1 heterocycles. The van der Waals surface area contributed by atoms with Crippen LogP contribution in [0.5, 0.6) is 0 Å². The molecule has 0 aromatic heterocycles. The molecule has 1 aliphatic heterocycles. The lowest BCUT2D eigenvalue weighted by Gasteiger charge is -2.24. The maximum Gasteiger partial charge on any atom is 0.251 e. The number of likely N-dealkylation sites (tertiary alicyclic amines) is 1. The summed E-state index contributed by atoms with van der Waals surface area (Å²) < 4.78 is 5.57. The molecule has 3 heteroatoms. The molecule has 1 saturated heterocycles. The first-order valence-electron chi connectivity index (χ1n) is 6.51. The minimum absolute atomic E-state index is 0.169. The summed E-state index contributed by atoms with van der Waals surface area (Å²) in [5.41, 5.74) is 0. The highest BCUT2D eigenvalue weighted by atomic mass is 16.5. The van der Waals surface area contributed by atoms with E-state index in [1.807, 2.05) is 11.8 Å². The lowest BCUT2D eigenvalue weighted by Crippen LogP contribution is -2.40. The number of carbonyl (C=O) groups excluding carboxylic acids is 1. The summed E-state index contributed by atoms with van der Waals surface area (Å²) in [7, 11) is 0. The van der Waals surface area contributed by atoms with Crippen LogP contribution >= 0.6 is 0 Å². The average Bonchev–Trinajstić information content (AvgIpc) is 2.53. The van der Waals surface area contributed by atoms with Crippen LogP contribution in [0.3, 0.4) is 0 Å². The van der Waals surface area contributed by atoms with Crippen molar-refractivity contribution in [2.45, 2.75) is 52.6 Å². The fraction of sp³-hybridized carbons (Fsp3) is 0.923. The second-order valence-electron chi connectivity index (χ2n) is 5.11. The first-order valence-corrected chi connectivity index (χ1v) is 6.51. The molecule has 0 saturated carbocycles. The van der Waals surface area contributed by atoms with E-state index in [0.29, 0.717) is 12.5 Å². The van der Waals surface area contributed by atoms with Crippen molar-refractivity contribution in [1.82, 2.24) is 4.90 Å². The van der Waals surface area contributed by atoms with Gasteiger partial charge in [0.25, 0.3) is 5.91 Å². The first-order chi connectivity index (χ1) is 7.61. The summed E-state index contributed by atoms with van der Waals surface area (Å²) in [5, 5.41) is 0. The molecular formula is C13H25NO2. The Kier molecular flexibility index (Phi) is 5.81. The summed E-state index contributed by atoms with van der Waals surface area (Å²) in [5.74, 6) is 0.655. The van der Waals surface area contributed by atoms with Crippen molar-refractivity contribution in [1.29, 1.82) is 0 Å². The Morgan fingerprint density at radius 1 is 1.12 bits per heavy atom. The molecule has 1 amide bonds. The third-order valence-electron chi connectivity index (χ3n) is 2.95. The van der Waals surface area contributed by atoms with E-state index in [1.165, 1.54) is 12.8 Å². The second kappa shape index (κ2) is 6.89. The molecule has 1 fully saturated rings. The van der Waals surface area contributed by atoms with Crippen molar-refractivity contribution >= 4 is 5.91 Å². The summed E-state index contributed by atoms with van der Waals surface area (Å²) in [4.78, 5) is 14.0. The third kappa shape index (κ3) is 4.52. The third-order valence-corrected chi connectivity index (χ3v) is 2.95. The van der Waals surface area contributed by atoms with Crippen molar-refractivity contribution in [2.24, 2.45) is 5.92 Å². The minimum Gasteiger partial charge on any atom is -0.368 e. The minimum atomic E-state index is -0.277. The summed E-state index contributed by atoms with van der Waals surface area (Å²) >= 11 is 0. The van der Waals surface area contributed by atoms with Crippen molar-refractivity contribution in [3.8, 4) is 0 Å². The van der Waals surface area contributed by atoms with Gasteiger partial charge < -0.3 is 9.64 Å². The van der Waals surface area contributed by atoms with Crippen molar-refractivity contribution in [3.05, 3.63) is 0 Å². The van der Waals surface area contributed by atoms with Gasteiger partial charge in [0, 0.05) is 19.7 Å². The second-order valence-corrected chi connectivity index (χ2v) is 5.11. The zero-order valence-electron chi connectivity index (χ0n) is 10.9. The Bertz CT molecular complexity index is 208. The highest BCUT2D eigenvalue weighted by Gasteiger charge is 2.21. The molecule has 0 spiro atoms. The van der Waals surface area contributed by atoms with E-state index in [2.05, 4.69) is 13.8 Å². The predicted octanol–water partition coefficient (Wildman–Crippen LogP) is 2.45. The van der Waals surface area contributed by atoms with E-state index in [-0.39, 0.29) is 12.0 Å². The Labute approximate surface area is 99.1 Å². The summed E-state index contributed by atoms with van der Waals surface area (Å²) in [6, 6.07) is 0. The van der Waals surface area contributed by atoms with Gasteiger partial charge in [-0.25, -0.2) is 0 Å². The van der Waals surface area contributed by atoms with Crippen LogP contribution < -0.4 is 0 Å². The number of rotatable bonds is 4. The zero-order chi connectivity index (χ0) is 12.0. The van der Waals surface area contributed by atoms with Crippen LogP contribution in [-0.4, -0.2) is 36.6 Å². The Morgan fingerprint density at radius 2 is 1.69 bits per heavy atom. The van der Waals surface area contributed by atoms with Crippen molar-refractivity contribution in [2.75, 3.05) is 19.7 Å². The standard InChI is InChI=1S/C13H25NO2/c1-11(2)10-16-12(3)13(15)14-8-6-4-5-7-9-14/h11-12H,4-10H2,1-3H3/t12-/m0/s1. The van der Waals surface area contributed by atoms with Gasteiger partial charge in [0.05, 0.1) is 0 Å². The molecule has 0 N–H and O–H groups in total. The highest BCUT2D eigenvalue weighted by molar-refractivity contribution is 5.80. The van der Waals surface area contributed by atoms with E-state index in [4.69, 9.17) is 4.74 Å². The maximum atomic E-state index is 12.1. The van der Waals surface area contributed by atoms with Crippen LogP contribution in [0.2, 0.25) is 0 Å². The van der Waals surface area contributed by atoms with Crippen LogP contribution in [0.15, 0.2) is 0 Å². The van der Waals surface area contributed by atoms with Crippen molar-refractivity contribution in [3.63, 3.8) is 0 Å². The number of nitrogens with zero attached hydrogens (tertiary/aromatic N) is 1. The van der Waals surface area contributed by atoms with E-state index >= 15 is 0 Å². The molecule has 0 unspecified atom stereocenters. The van der Waals surface area contributed by atoms with Gasteiger partial charge in [-0.05, 0) is 25.7 Å². The Balaban J connectivity index is 2.35. The van der Waals surface area contributed by atoms with Gasteiger partial charge in [0.2, 0.25) is 0 Å². The molecule has 16 heavy (non-hydrogen) atoms. The molecule has 0 aromatic carbocycles. The van der Waals surface area contributed by atoms with Gasteiger partial charge in [0.15, 0.2) is 0 Å². The molecule has 0 aromatic rings. The Morgan fingerprint density at radius 3 is 2.19 bits per heavy atom. The topological polar surface area (TPSA) is 29.5 Å². The van der Waals surface area contributed by atoms with E-state index in [0.717, 1.165) is 25.9 Å². The van der Waals surface area contributed by atoms with Gasteiger partial charge in [-0.2, -0.15) is 0 Å². The van der Waals surface area contributed by atoms with Crippen LogP contribution in [0.1, 0.15) is 46.5 Å². The van der Waals surface area contributed by atoms with Crippen LogP contribution in [0.4, 0.5) is 0 Å². The normalized spacial score (nSPS) is 19.6. The lowest BCUT2D eigenvalue weighted by atomic mass is 10.2. The van der Waals surface area contributed by atoms with Crippen LogP contribution in [-0.2, 0) is 9.53 Å². The van der Waals surface area contributed by atoms with Crippen LogP contribution in [0.25, 0.3) is 0 Å². The largest absolute Gasteiger partial charge is 0.368 e. The summed E-state index contributed by atoms with van der Waals surface area (Å²) in [6.45, 7) is 8.56. The molecule has 0 aliphatic carbocycles. The number of ether oxygens (including phenoxy) is 1. The number of hydrogen-bond acceptors (Lipinski definition) is 2. The van der Waals surface area contributed by atoms with Crippen molar-refractivity contribution < 1.29 is 9.53 Å². The van der Waals surface area contributed by atoms with Crippen LogP contribution in [0, 0.1) is 5.92 Å². The molecule has 1 rings (SSSR count). The molecule has 0 radical (unpaired) electrons. The van der Waals surface area contributed by atoms with E-state index in [9.17, 15) is 4.79 Å². The highest BCUT2D eigenvalue weighted by Crippen LogP contribution is 2.12. The molecule has 1 aliphatic rings. The maximum absolute atomic E-state index is 12.1. The number of hydrogen-bond donors (Lipinski definition) is 0. The van der Waals surface area contributed by atoms with E-state index < -0.39 is 0 Å². The predicted molar refractivity (Wildman–Crippen MR) is 65.3 cm³/mol. The molecule has 94 valence electrons. The summed E-state index contributed by atoms with van der Waals surface area (Å²) in [6.07, 6.45) is 4.52. The lowest BCUT2D eigenvalue weighted by molar-refractivity contribution is -0.143. The molecule has 0 bridgehead atoms. The fourth-order valence-electron chi connectivity index (χ4n) is 1.96. The Hall–Kier alpha value is -0.570. The van der Waals surface area contributed by atoms with Gasteiger partial charge in [0.1, 0.15) is 6.10 Å².